The fourth-order valence-corrected chi connectivity index (χ4v) is 3.67. The van der Waals surface area contributed by atoms with Crippen LogP contribution in [-0.4, -0.2) is 4.98 Å². The first-order chi connectivity index (χ1) is 9.68. The zero-order chi connectivity index (χ0) is 15.8. The number of nitrogens with zero attached hydrogens (tertiary/aromatic N) is 1. The topological polar surface area (TPSA) is 24.9 Å². The highest BCUT2D eigenvalue weighted by Gasteiger charge is 2.22. The second kappa shape index (κ2) is 6.09. The van der Waals surface area contributed by atoms with Gasteiger partial charge in [-0.3, -0.25) is 0 Å². The van der Waals surface area contributed by atoms with Crippen LogP contribution in [0.4, 0.5) is 5.69 Å². The molecule has 1 unspecified atom stereocenters. The molecule has 0 fully saturated rings. The molecule has 0 aliphatic rings. The Balaban J connectivity index is 2.26. The number of halogens is 1. The van der Waals surface area contributed by atoms with E-state index in [1.165, 1.54) is 15.4 Å². The lowest BCUT2D eigenvalue weighted by Crippen LogP contribution is -2.10. The van der Waals surface area contributed by atoms with Crippen molar-refractivity contribution in [1.82, 2.24) is 4.98 Å². The Morgan fingerprint density at radius 2 is 1.90 bits per heavy atom. The maximum Gasteiger partial charge on any atom is 0.0985 e. The fraction of sp³-hybridized carbons (Fsp3) is 0.471. The quantitative estimate of drug-likeness (QED) is 0.720. The lowest BCUT2D eigenvalue weighted by Gasteiger charge is -2.17. The molecule has 0 aliphatic carbocycles. The van der Waals surface area contributed by atoms with Gasteiger partial charge in [-0.05, 0) is 54.4 Å². The summed E-state index contributed by atoms with van der Waals surface area (Å²) in [6, 6.07) is 6.61. The van der Waals surface area contributed by atoms with Gasteiger partial charge in [-0.1, -0.05) is 26.8 Å². The van der Waals surface area contributed by atoms with Gasteiger partial charge < -0.3 is 5.32 Å². The lowest BCUT2D eigenvalue weighted by molar-refractivity contribution is 0.584. The van der Waals surface area contributed by atoms with Crippen molar-refractivity contribution in [3.05, 3.63) is 43.8 Å². The Morgan fingerprint density at radius 3 is 2.48 bits per heavy atom. The predicted molar refractivity (Wildman–Crippen MR) is 96.5 cm³/mol. The largest absolute Gasteiger partial charge is 0.377 e. The molecule has 1 atom stereocenters. The number of hydrogen-bond acceptors (Lipinski definition) is 3. The maximum absolute atomic E-state index is 4.75. The molecule has 1 aromatic heterocycles. The van der Waals surface area contributed by atoms with Crippen molar-refractivity contribution >= 4 is 33.0 Å². The summed E-state index contributed by atoms with van der Waals surface area (Å²) in [5, 5.41) is 4.80. The van der Waals surface area contributed by atoms with Crippen LogP contribution in [0.2, 0.25) is 0 Å². The predicted octanol–water partition coefficient (Wildman–Crippen LogP) is 5.99. The van der Waals surface area contributed by atoms with Gasteiger partial charge in [0.1, 0.15) is 0 Å². The van der Waals surface area contributed by atoms with Crippen LogP contribution < -0.4 is 5.32 Å². The molecule has 21 heavy (non-hydrogen) atoms. The van der Waals surface area contributed by atoms with E-state index in [-0.39, 0.29) is 11.5 Å². The van der Waals surface area contributed by atoms with Crippen LogP contribution in [0.25, 0.3) is 0 Å². The van der Waals surface area contributed by atoms with Crippen molar-refractivity contribution in [3.8, 4) is 0 Å². The second-order valence-corrected chi connectivity index (χ2v) is 8.45. The molecule has 2 rings (SSSR count). The summed E-state index contributed by atoms with van der Waals surface area (Å²) >= 11 is 5.43. The summed E-state index contributed by atoms with van der Waals surface area (Å²) in [5.41, 5.74) is 3.63. The number of hydrogen-bond donors (Lipinski definition) is 1. The van der Waals surface area contributed by atoms with Gasteiger partial charge >= 0.3 is 0 Å². The van der Waals surface area contributed by atoms with E-state index in [0.717, 1.165) is 15.9 Å². The minimum absolute atomic E-state index is 0.108. The third-order valence-electron chi connectivity index (χ3n) is 3.36. The summed E-state index contributed by atoms with van der Waals surface area (Å²) in [6.45, 7) is 13.0. The summed E-state index contributed by atoms with van der Waals surface area (Å²) in [5.74, 6) is 0. The van der Waals surface area contributed by atoms with Gasteiger partial charge in [0.2, 0.25) is 0 Å². The van der Waals surface area contributed by atoms with Crippen molar-refractivity contribution < 1.29 is 0 Å². The Bertz CT molecular complexity index is 641. The van der Waals surface area contributed by atoms with Gasteiger partial charge in [0, 0.05) is 20.5 Å². The molecule has 0 saturated heterocycles. The van der Waals surface area contributed by atoms with Crippen molar-refractivity contribution in [2.24, 2.45) is 0 Å². The summed E-state index contributed by atoms with van der Waals surface area (Å²) < 4.78 is 1.10. The first-order valence-electron chi connectivity index (χ1n) is 7.19. The van der Waals surface area contributed by atoms with Crippen LogP contribution in [-0.2, 0) is 5.41 Å². The Kier molecular flexibility index (Phi) is 4.79. The molecule has 0 aliphatic heterocycles. The number of nitrogens with one attached hydrogen (secondary N) is 1. The van der Waals surface area contributed by atoms with E-state index in [1.807, 2.05) is 11.3 Å². The average Bonchev–Trinajstić information content (AvgIpc) is 2.76. The monoisotopic (exact) mass is 366 g/mol. The van der Waals surface area contributed by atoms with E-state index in [9.17, 15) is 0 Å². The Labute approximate surface area is 140 Å². The van der Waals surface area contributed by atoms with Crippen LogP contribution in [0, 0.1) is 13.8 Å². The summed E-state index contributed by atoms with van der Waals surface area (Å²) in [6.07, 6.45) is 0. The average molecular weight is 367 g/mol. The third kappa shape index (κ3) is 3.86. The van der Waals surface area contributed by atoms with Crippen LogP contribution in [0.15, 0.2) is 22.7 Å². The number of benzene rings is 1. The lowest BCUT2D eigenvalue weighted by atomic mass is 9.98. The molecule has 4 heteroatoms. The van der Waals surface area contributed by atoms with E-state index < -0.39 is 0 Å². The highest BCUT2D eigenvalue weighted by Crippen LogP contribution is 2.35. The molecule has 1 aromatic carbocycles. The highest BCUT2D eigenvalue weighted by atomic mass is 79.9. The van der Waals surface area contributed by atoms with E-state index >= 15 is 0 Å². The molecule has 1 heterocycles. The molecule has 2 nitrogen and oxygen atoms in total. The highest BCUT2D eigenvalue weighted by molar-refractivity contribution is 9.10. The zero-order valence-corrected chi connectivity index (χ0v) is 15.9. The van der Waals surface area contributed by atoms with Gasteiger partial charge in [-0.25, -0.2) is 4.98 Å². The first kappa shape index (κ1) is 16.5. The molecule has 0 saturated carbocycles. The molecule has 0 radical (unpaired) electrons. The normalized spacial score (nSPS) is 13.3. The third-order valence-corrected chi connectivity index (χ3v) is 5.82. The van der Waals surface area contributed by atoms with Crippen molar-refractivity contribution in [2.45, 2.75) is 53.0 Å². The number of thiazole rings is 1. The molecular weight excluding hydrogens is 344 g/mol. The molecule has 0 amide bonds. The van der Waals surface area contributed by atoms with Crippen LogP contribution in [0.5, 0.6) is 0 Å². The van der Waals surface area contributed by atoms with E-state index in [1.54, 1.807) is 0 Å². The zero-order valence-electron chi connectivity index (χ0n) is 13.5. The Morgan fingerprint density at radius 1 is 1.24 bits per heavy atom. The number of anilines is 1. The Hall–Kier alpha value is -0.870. The van der Waals surface area contributed by atoms with Gasteiger partial charge in [0.25, 0.3) is 0 Å². The van der Waals surface area contributed by atoms with Gasteiger partial charge in [-0.15, -0.1) is 11.3 Å². The van der Waals surface area contributed by atoms with Crippen molar-refractivity contribution in [1.29, 1.82) is 0 Å². The van der Waals surface area contributed by atoms with Gasteiger partial charge in [0.15, 0.2) is 0 Å². The maximum atomic E-state index is 4.75. The number of rotatable bonds is 3. The molecule has 114 valence electrons. The first-order valence-corrected chi connectivity index (χ1v) is 8.80. The van der Waals surface area contributed by atoms with Crippen LogP contribution in [0.1, 0.15) is 54.9 Å². The van der Waals surface area contributed by atoms with Crippen molar-refractivity contribution in [2.75, 3.05) is 5.32 Å². The minimum atomic E-state index is 0.108. The smallest absolute Gasteiger partial charge is 0.0985 e. The van der Waals surface area contributed by atoms with Gasteiger partial charge in [0.05, 0.1) is 16.7 Å². The molecule has 1 N–H and O–H groups in total. The molecule has 0 bridgehead atoms. The molecular formula is C17H23BrN2S. The van der Waals surface area contributed by atoms with E-state index in [0.29, 0.717) is 0 Å². The van der Waals surface area contributed by atoms with Crippen LogP contribution in [0.3, 0.4) is 0 Å². The standard InChI is InChI=1S/C17H23BrN2S/c1-10-7-8-13(18)14(9-10)19-11(2)15-12(3)20-16(21-15)17(4,5)6/h7-9,11,19H,1-6H3. The summed E-state index contributed by atoms with van der Waals surface area (Å²) in [7, 11) is 0. The SMILES string of the molecule is Cc1ccc(Br)c(NC(C)c2sc(C(C)(C)C)nc2C)c1. The minimum Gasteiger partial charge on any atom is -0.377 e. The van der Waals surface area contributed by atoms with Crippen molar-refractivity contribution in [3.63, 3.8) is 0 Å². The van der Waals surface area contributed by atoms with E-state index in [4.69, 9.17) is 4.98 Å². The number of aromatic nitrogens is 1. The number of aryl methyl sites for hydroxylation is 2. The summed E-state index contributed by atoms with van der Waals surface area (Å²) in [4.78, 5) is 6.06. The molecule has 2 aromatic rings. The van der Waals surface area contributed by atoms with Gasteiger partial charge in [-0.2, -0.15) is 0 Å². The second-order valence-electron chi connectivity index (χ2n) is 6.57. The van der Waals surface area contributed by atoms with E-state index in [2.05, 4.69) is 81.0 Å². The fourth-order valence-electron chi connectivity index (χ4n) is 2.18. The molecule has 0 spiro atoms. The van der Waals surface area contributed by atoms with Crippen LogP contribution >= 0.6 is 27.3 Å².